The van der Waals surface area contributed by atoms with Gasteiger partial charge in [0, 0.05) is 30.4 Å². The van der Waals surface area contributed by atoms with Crippen LogP contribution in [0.3, 0.4) is 0 Å². The van der Waals surface area contributed by atoms with Crippen molar-refractivity contribution in [2.24, 2.45) is 0 Å². The van der Waals surface area contributed by atoms with E-state index in [1.54, 1.807) is 11.3 Å². The maximum Gasteiger partial charge on any atom is 0.205 e. The lowest BCUT2D eigenvalue weighted by atomic mass is 9.97. The number of fused-ring (bicyclic) bond motifs is 4. The zero-order valence-corrected chi connectivity index (χ0v) is 13.6. The molecule has 0 bridgehead atoms. The van der Waals surface area contributed by atoms with E-state index in [2.05, 4.69) is 19.4 Å². The Morgan fingerprint density at radius 2 is 2.09 bits per heavy atom. The highest BCUT2D eigenvalue weighted by Crippen LogP contribution is 2.37. The van der Waals surface area contributed by atoms with Crippen LogP contribution in [0, 0.1) is 0 Å². The van der Waals surface area contributed by atoms with E-state index < -0.39 is 0 Å². The lowest BCUT2D eigenvalue weighted by Gasteiger charge is -2.15. The van der Waals surface area contributed by atoms with Crippen molar-refractivity contribution in [1.29, 1.82) is 0 Å². The van der Waals surface area contributed by atoms with E-state index in [4.69, 9.17) is 10.7 Å². The number of nitrogens with two attached hydrogens (primary N) is 1. The van der Waals surface area contributed by atoms with E-state index in [1.807, 2.05) is 12.4 Å². The van der Waals surface area contributed by atoms with Gasteiger partial charge in [-0.2, -0.15) is 0 Å². The van der Waals surface area contributed by atoms with Gasteiger partial charge in [-0.1, -0.05) is 0 Å². The number of rotatable bonds is 2. The number of imidazole rings is 1. The molecular weight excluding hydrogens is 308 g/mol. The second-order valence-electron chi connectivity index (χ2n) is 6.26. The predicted octanol–water partition coefficient (Wildman–Crippen LogP) is 2.37. The van der Waals surface area contributed by atoms with Gasteiger partial charge in [0.2, 0.25) is 5.95 Å². The number of nitrogen functional groups attached to an aromatic ring is 1. The summed E-state index contributed by atoms with van der Waals surface area (Å²) in [6.07, 6.45) is 8.65. The van der Waals surface area contributed by atoms with Gasteiger partial charge in [-0.15, -0.1) is 11.3 Å². The fraction of sp³-hybridized carbons (Fsp3) is 0.438. The highest BCUT2D eigenvalue weighted by atomic mass is 32.1. The van der Waals surface area contributed by atoms with E-state index in [0.29, 0.717) is 12.4 Å². The highest BCUT2D eigenvalue weighted by molar-refractivity contribution is 7.19. The number of anilines is 2. The quantitative estimate of drug-likeness (QED) is 0.783. The fourth-order valence-corrected chi connectivity index (χ4v) is 5.00. The first kappa shape index (κ1) is 13.3. The van der Waals surface area contributed by atoms with Gasteiger partial charge in [0.25, 0.3) is 0 Å². The fourth-order valence-electron chi connectivity index (χ4n) is 3.71. The van der Waals surface area contributed by atoms with Crippen LogP contribution in [0.25, 0.3) is 10.2 Å². The van der Waals surface area contributed by atoms with E-state index in [9.17, 15) is 0 Å². The number of aromatic nitrogens is 4. The molecule has 4 heterocycles. The van der Waals surface area contributed by atoms with Gasteiger partial charge >= 0.3 is 0 Å². The van der Waals surface area contributed by atoms with Gasteiger partial charge in [-0.3, -0.25) is 0 Å². The van der Waals surface area contributed by atoms with Crippen molar-refractivity contribution in [2.75, 3.05) is 17.2 Å². The van der Waals surface area contributed by atoms with Crippen molar-refractivity contribution in [3.05, 3.63) is 28.7 Å². The average Bonchev–Trinajstić information content (AvgIpc) is 3.22. The van der Waals surface area contributed by atoms with E-state index in [0.717, 1.165) is 47.9 Å². The minimum Gasteiger partial charge on any atom is -0.383 e. The molecule has 0 spiro atoms. The minimum atomic E-state index is 0.645. The third-order valence-corrected chi connectivity index (χ3v) is 5.99. The Hall–Kier alpha value is -2.15. The number of aryl methyl sites for hydroxylation is 2. The smallest absolute Gasteiger partial charge is 0.205 e. The van der Waals surface area contributed by atoms with Crippen molar-refractivity contribution < 1.29 is 0 Å². The molecule has 23 heavy (non-hydrogen) atoms. The zero-order valence-electron chi connectivity index (χ0n) is 12.8. The number of thiophene rings is 1. The SMILES string of the molecule is Nc1nc(CN2CCn3ccnc32)nc2sc3c(c12)CCCC3. The summed E-state index contributed by atoms with van der Waals surface area (Å²) >= 11 is 1.80. The molecule has 0 atom stereocenters. The largest absolute Gasteiger partial charge is 0.383 e. The van der Waals surface area contributed by atoms with Crippen LogP contribution < -0.4 is 10.6 Å². The van der Waals surface area contributed by atoms with E-state index in [-0.39, 0.29) is 0 Å². The lowest BCUT2D eigenvalue weighted by molar-refractivity contribution is 0.700. The van der Waals surface area contributed by atoms with Gasteiger partial charge < -0.3 is 15.2 Å². The summed E-state index contributed by atoms with van der Waals surface area (Å²) in [5.74, 6) is 2.44. The minimum absolute atomic E-state index is 0.645. The Kier molecular flexibility index (Phi) is 2.85. The molecule has 0 amide bonds. The topological polar surface area (TPSA) is 72.9 Å². The molecule has 0 aromatic carbocycles. The Morgan fingerprint density at radius 1 is 1.17 bits per heavy atom. The first-order valence-corrected chi connectivity index (χ1v) is 8.94. The van der Waals surface area contributed by atoms with Crippen LogP contribution in [0.1, 0.15) is 29.1 Å². The summed E-state index contributed by atoms with van der Waals surface area (Å²) in [7, 11) is 0. The standard InChI is InChI=1S/C16H18N6S/c17-14-13-10-3-1-2-4-11(10)23-15(13)20-12(19-14)9-22-8-7-21-6-5-18-16(21)22/h5-6H,1-4,7-9H2,(H2,17,19,20). The van der Waals surface area contributed by atoms with Gasteiger partial charge in [0.05, 0.1) is 11.9 Å². The molecule has 0 radical (unpaired) electrons. The monoisotopic (exact) mass is 326 g/mol. The van der Waals surface area contributed by atoms with Gasteiger partial charge in [0.15, 0.2) is 5.82 Å². The number of hydrogen-bond acceptors (Lipinski definition) is 6. The molecule has 5 rings (SSSR count). The van der Waals surface area contributed by atoms with Crippen molar-refractivity contribution >= 4 is 33.3 Å². The Bertz CT molecular complexity index is 895. The van der Waals surface area contributed by atoms with Gasteiger partial charge in [-0.05, 0) is 31.2 Å². The lowest BCUT2D eigenvalue weighted by Crippen LogP contribution is -2.22. The Morgan fingerprint density at radius 3 is 3.04 bits per heavy atom. The maximum atomic E-state index is 6.29. The maximum absolute atomic E-state index is 6.29. The molecule has 1 aliphatic carbocycles. The van der Waals surface area contributed by atoms with Crippen molar-refractivity contribution in [3.63, 3.8) is 0 Å². The molecule has 0 fully saturated rings. The summed E-state index contributed by atoms with van der Waals surface area (Å²) in [6, 6.07) is 0. The normalized spacial score (nSPS) is 16.8. The van der Waals surface area contributed by atoms with Crippen LogP contribution in [-0.2, 0) is 25.9 Å². The molecule has 3 aromatic rings. The molecular formula is C16H18N6S. The molecule has 0 saturated heterocycles. The van der Waals surface area contributed by atoms with E-state index in [1.165, 1.54) is 23.3 Å². The average molecular weight is 326 g/mol. The number of hydrogen-bond donors (Lipinski definition) is 1. The zero-order chi connectivity index (χ0) is 15.4. The molecule has 6 nitrogen and oxygen atoms in total. The summed E-state index contributed by atoms with van der Waals surface area (Å²) in [6.45, 7) is 2.59. The van der Waals surface area contributed by atoms with Crippen molar-refractivity contribution in [3.8, 4) is 0 Å². The molecule has 0 unspecified atom stereocenters. The van der Waals surface area contributed by atoms with Crippen molar-refractivity contribution in [2.45, 2.75) is 38.8 Å². The summed E-state index contributed by atoms with van der Waals surface area (Å²) in [5.41, 5.74) is 7.69. The molecule has 1 aliphatic heterocycles. The first-order chi connectivity index (χ1) is 11.3. The summed E-state index contributed by atoms with van der Waals surface area (Å²) in [4.78, 5) is 18.6. The molecule has 2 N–H and O–H groups in total. The van der Waals surface area contributed by atoms with E-state index >= 15 is 0 Å². The molecule has 118 valence electrons. The second-order valence-corrected chi connectivity index (χ2v) is 7.34. The second kappa shape index (κ2) is 4.92. The van der Waals surface area contributed by atoms with Crippen LogP contribution >= 0.6 is 11.3 Å². The van der Waals surface area contributed by atoms with Crippen LogP contribution in [0.2, 0.25) is 0 Å². The molecule has 2 aliphatic rings. The van der Waals surface area contributed by atoms with Gasteiger partial charge in [-0.25, -0.2) is 15.0 Å². The predicted molar refractivity (Wildman–Crippen MR) is 91.7 cm³/mol. The molecule has 0 saturated carbocycles. The first-order valence-electron chi connectivity index (χ1n) is 8.12. The van der Waals surface area contributed by atoms with Crippen LogP contribution in [0.5, 0.6) is 0 Å². The van der Waals surface area contributed by atoms with Crippen LogP contribution in [0.15, 0.2) is 12.4 Å². The molecule has 7 heteroatoms. The van der Waals surface area contributed by atoms with Gasteiger partial charge in [0.1, 0.15) is 10.6 Å². The summed E-state index contributed by atoms with van der Waals surface area (Å²) in [5, 5.41) is 1.11. The van der Waals surface area contributed by atoms with Crippen LogP contribution in [0.4, 0.5) is 11.8 Å². The Balaban J connectivity index is 1.53. The highest BCUT2D eigenvalue weighted by Gasteiger charge is 2.23. The number of nitrogens with zero attached hydrogens (tertiary/aromatic N) is 5. The van der Waals surface area contributed by atoms with Crippen LogP contribution in [-0.4, -0.2) is 26.1 Å². The third kappa shape index (κ3) is 2.03. The summed E-state index contributed by atoms with van der Waals surface area (Å²) < 4.78 is 2.16. The third-order valence-electron chi connectivity index (χ3n) is 4.81. The Labute approximate surface area is 138 Å². The van der Waals surface area contributed by atoms with Crippen molar-refractivity contribution in [1.82, 2.24) is 19.5 Å². The molecule has 3 aromatic heterocycles.